The van der Waals surface area contributed by atoms with Gasteiger partial charge in [0.25, 0.3) is 5.91 Å². The van der Waals surface area contributed by atoms with Gasteiger partial charge in [-0.15, -0.1) is 0 Å². The van der Waals surface area contributed by atoms with Crippen LogP contribution in [0.25, 0.3) is 0 Å². The molecule has 4 N–H and O–H groups in total. The zero-order valence-corrected chi connectivity index (χ0v) is 16.9. The number of nitrogens with one attached hydrogen (secondary N) is 2. The van der Waals surface area contributed by atoms with Crippen LogP contribution < -0.4 is 16.4 Å². The van der Waals surface area contributed by atoms with Crippen molar-refractivity contribution in [3.05, 3.63) is 17.5 Å². The standard InChI is InChI=1S/C20H32N6O2/c1-13(2)16-12-17(25-19(21)24-16)18(27)22-15-8-10-26(11-9-15)20(28)23-14-6-4-3-5-7-14/h12-15H,3-11H2,1-2H3,(H,22,27)(H,23,28)(H2,21,24,25). The molecule has 2 aliphatic rings. The molecule has 8 nitrogen and oxygen atoms in total. The van der Waals surface area contributed by atoms with Crippen LogP contribution in [0.5, 0.6) is 0 Å². The lowest BCUT2D eigenvalue weighted by Gasteiger charge is -2.34. The zero-order chi connectivity index (χ0) is 20.1. The number of nitrogens with two attached hydrogens (primary N) is 1. The van der Waals surface area contributed by atoms with Crippen molar-refractivity contribution in [1.82, 2.24) is 25.5 Å². The number of hydrogen-bond donors (Lipinski definition) is 3. The van der Waals surface area contributed by atoms with E-state index in [1.165, 1.54) is 19.3 Å². The monoisotopic (exact) mass is 388 g/mol. The van der Waals surface area contributed by atoms with Crippen LogP contribution in [0.3, 0.4) is 0 Å². The van der Waals surface area contributed by atoms with Crippen LogP contribution in [-0.4, -0.2) is 52.0 Å². The predicted molar refractivity (Wildman–Crippen MR) is 108 cm³/mol. The molecule has 8 heteroatoms. The predicted octanol–water partition coefficient (Wildman–Crippen LogP) is 2.42. The van der Waals surface area contributed by atoms with Gasteiger partial charge >= 0.3 is 6.03 Å². The summed E-state index contributed by atoms with van der Waals surface area (Å²) in [6.45, 7) is 5.29. The molecule has 154 valence electrons. The normalized spacial score (nSPS) is 18.9. The van der Waals surface area contributed by atoms with E-state index in [0.717, 1.165) is 31.4 Å². The highest BCUT2D eigenvalue weighted by atomic mass is 16.2. The quantitative estimate of drug-likeness (QED) is 0.733. The minimum Gasteiger partial charge on any atom is -0.368 e. The minimum atomic E-state index is -0.235. The van der Waals surface area contributed by atoms with Crippen molar-refractivity contribution < 1.29 is 9.59 Å². The topological polar surface area (TPSA) is 113 Å². The van der Waals surface area contributed by atoms with E-state index in [-0.39, 0.29) is 29.8 Å². The van der Waals surface area contributed by atoms with Crippen molar-refractivity contribution >= 4 is 17.9 Å². The molecule has 1 saturated carbocycles. The third kappa shape index (κ3) is 5.33. The van der Waals surface area contributed by atoms with Crippen molar-refractivity contribution in [1.29, 1.82) is 0 Å². The summed E-state index contributed by atoms with van der Waals surface area (Å²) in [5.41, 5.74) is 6.80. The smallest absolute Gasteiger partial charge is 0.317 e. The molecule has 2 heterocycles. The third-order valence-corrected chi connectivity index (χ3v) is 5.64. The fourth-order valence-electron chi connectivity index (χ4n) is 3.90. The van der Waals surface area contributed by atoms with Crippen LogP contribution in [-0.2, 0) is 0 Å². The lowest BCUT2D eigenvalue weighted by Crippen LogP contribution is -2.51. The van der Waals surface area contributed by atoms with Gasteiger partial charge in [-0.3, -0.25) is 4.79 Å². The Morgan fingerprint density at radius 1 is 1.04 bits per heavy atom. The number of rotatable bonds is 4. The van der Waals surface area contributed by atoms with Crippen molar-refractivity contribution in [3.63, 3.8) is 0 Å². The lowest BCUT2D eigenvalue weighted by atomic mass is 9.95. The molecule has 0 atom stereocenters. The molecule has 1 aromatic heterocycles. The van der Waals surface area contributed by atoms with Gasteiger partial charge in [-0.05, 0) is 37.7 Å². The SMILES string of the molecule is CC(C)c1cc(C(=O)NC2CCN(C(=O)NC3CCCCC3)CC2)nc(N)n1. The van der Waals surface area contributed by atoms with E-state index in [2.05, 4.69) is 20.6 Å². The Balaban J connectivity index is 1.48. The number of anilines is 1. The number of amides is 3. The van der Waals surface area contributed by atoms with Crippen molar-refractivity contribution in [2.45, 2.75) is 76.8 Å². The van der Waals surface area contributed by atoms with Gasteiger partial charge in [-0.1, -0.05) is 33.1 Å². The summed E-state index contributed by atoms with van der Waals surface area (Å²) in [4.78, 5) is 35.1. The second-order valence-electron chi connectivity index (χ2n) is 8.21. The van der Waals surface area contributed by atoms with Crippen molar-refractivity contribution in [2.75, 3.05) is 18.8 Å². The molecule has 1 aromatic rings. The van der Waals surface area contributed by atoms with Crippen LogP contribution in [0.2, 0.25) is 0 Å². The van der Waals surface area contributed by atoms with E-state index in [0.29, 0.717) is 24.8 Å². The molecule has 0 radical (unpaired) electrons. The molecular formula is C20H32N6O2. The first-order chi connectivity index (χ1) is 13.4. The van der Waals surface area contributed by atoms with Crippen LogP contribution in [0.15, 0.2) is 6.07 Å². The van der Waals surface area contributed by atoms with Crippen LogP contribution >= 0.6 is 0 Å². The largest absolute Gasteiger partial charge is 0.368 e. The van der Waals surface area contributed by atoms with Gasteiger partial charge in [0.05, 0.1) is 0 Å². The van der Waals surface area contributed by atoms with E-state index < -0.39 is 0 Å². The summed E-state index contributed by atoms with van der Waals surface area (Å²) in [6, 6.07) is 2.08. The fraction of sp³-hybridized carbons (Fsp3) is 0.700. The molecule has 0 bridgehead atoms. The fourth-order valence-corrected chi connectivity index (χ4v) is 3.90. The molecule has 1 aliphatic heterocycles. The number of nitrogen functional groups attached to an aromatic ring is 1. The Labute approximate surface area is 166 Å². The lowest BCUT2D eigenvalue weighted by molar-refractivity contribution is 0.0912. The number of urea groups is 1. The van der Waals surface area contributed by atoms with Gasteiger partial charge in [0.1, 0.15) is 5.69 Å². The number of carbonyl (C=O) groups is 2. The highest BCUT2D eigenvalue weighted by Gasteiger charge is 2.26. The van der Waals surface area contributed by atoms with Gasteiger partial charge in [0, 0.05) is 30.9 Å². The van der Waals surface area contributed by atoms with E-state index >= 15 is 0 Å². The number of piperidine rings is 1. The minimum absolute atomic E-state index is 0.0295. The summed E-state index contributed by atoms with van der Waals surface area (Å²) >= 11 is 0. The maximum absolute atomic E-state index is 12.6. The van der Waals surface area contributed by atoms with Gasteiger partial charge in [0.2, 0.25) is 5.95 Å². The Bertz CT molecular complexity index is 694. The first-order valence-electron chi connectivity index (χ1n) is 10.4. The average Bonchev–Trinajstić information content (AvgIpc) is 2.68. The Hall–Kier alpha value is -2.38. The first-order valence-corrected chi connectivity index (χ1v) is 10.4. The molecule has 1 saturated heterocycles. The van der Waals surface area contributed by atoms with Gasteiger partial charge in [0.15, 0.2) is 0 Å². The van der Waals surface area contributed by atoms with Crippen molar-refractivity contribution in [2.24, 2.45) is 0 Å². The summed E-state index contributed by atoms with van der Waals surface area (Å²) in [5, 5.41) is 6.19. The first kappa shape index (κ1) is 20.4. The second kappa shape index (κ2) is 9.21. The number of aromatic nitrogens is 2. The zero-order valence-electron chi connectivity index (χ0n) is 16.9. The van der Waals surface area contributed by atoms with Gasteiger partial charge in [-0.2, -0.15) is 0 Å². The summed E-state index contributed by atoms with van der Waals surface area (Å²) in [5.74, 6) is 0.0504. The number of nitrogens with zero attached hydrogens (tertiary/aromatic N) is 3. The molecule has 3 rings (SSSR count). The van der Waals surface area contributed by atoms with Crippen LogP contribution in [0, 0.1) is 0 Å². The third-order valence-electron chi connectivity index (χ3n) is 5.64. The van der Waals surface area contributed by atoms with E-state index in [1.807, 2.05) is 18.7 Å². The van der Waals surface area contributed by atoms with Crippen LogP contribution in [0.4, 0.5) is 10.7 Å². The molecule has 0 spiro atoms. The Morgan fingerprint density at radius 3 is 2.32 bits per heavy atom. The van der Waals surface area contributed by atoms with E-state index in [9.17, 15) is 9.59 Å². The van der Waals surface area contributed by atoms with Gasteiger partial charge in [-0.25, -0.2) is 14.8 Å². The highest BCUT2D eigenvalue weighted by molar-refractivity contribution is 5.92. The molecule has 0 unspecified atom stereocenters. The molecule has 28 heavy (non-hydrogen) atoms. The van der Waals surface area contributed by atoms with Crippen molar-refractivity contribution in [3.8, 4) is 0 Å². The maximum Gasteiger partial charge on any atom is 0.317 e. The summed E-state index contributed by atoms with van der Waals surface area (Å²) in [6.07, 6.45) is 7.31. The number of hydrogen-bond acceptors (Lipinski definition) is 5. The van der Waals surface area contributed by atoms with Crippen LogP contribution in [0.1, 0.15) is 80.9 Å². The average molecular weight is 389 g/mol. The maximum atomic E-state index is 12.6. The number of likely N-dealkylation sites (tertiary alicyclic amines) is 1. The summed E-state index contributed by atoms with van der Waals surface area (Å²) in [7, 11) is 0. The Kier molecular flexibility index (Phi) is 6.70. The molecule has 1 aliphatic carbocycles. The second-order valence-corrected chi connectivity index (χ2v) is 8.21. The Morgan fingerprint density at radius 2 is 1.68 bits per heavy atom. The number of carbonyl (C=O) groups excluding carboxylic acids is 2. The van der Waals surface area contributed by atoms with E-state index in [1.54, 1.807) is 6.07 Å². The van der Waals surface area contributed by atoms with Gasteiger partial charge < -0.3 is 21.3 Å². The highest BCUT2D eigenvalue weighted by Crippen LogP contribution is 2.19. The summed E-state index contributed by atoms with van der Waals surface area (Å²) < 4.78 is 0. The molecule has 2 fully saturated rings. The van der Waals surface area contributed by atoms with E-state index in [4.69, 9.17) is 5.73 Å². The molecular weight excluding hydrogens is 356 g/mol. The molecule has 3 amide bonds. The molecule has 0 aromatic carbocycles.